The minimum absolute atomic E-state index is 0. The van der Waals surface area contributed by atoms with Crippen molar-refractivity contribution in [1.29, 1.82) is 0 Å². The summed E-state index contributed by atoms with van der Waals surface area (Å²) >= 11 is 0. The molecular formula is C16H26ClNO2. The van der Waals surface area contributed by atoms with E-state index in [0.717, 1.165) is 30.7 Å². The molecule has 0 heterocycles. The molecule has 1 rings (SSSR count). The van der Waals surface area contributed by atoms with Gasteiger partial charge in [-0.2, -0.15) is 0 Å². The fourth-order valence-electron chi connectivity index (χ4n) is 2.47. The van der Waals surface area contributed by atoms with Gasteiger partial charge in [0.25, 0.3) is 0 Å². The van der Waals surface area contributed by atoms with Crippen LogP contribution in [0.4, 0.5) is 0 Å². The van der Waals surface area contributed by atoms with Crippen LogP contribution in [0.2, 0.25) is 0 Å². The van der Waals surface area contributed by atoms with Crippen LogP contribution in [0.1, 0.15) is 38.1 Å². The minimum atomic E-state index is -0.227. The third kappa shape index (κ3) is 5.14. The highest BCUT2D eigenvalue weighted by Gasteiger charge is 2.26. The molecule has 1 atom stereocenters. The first-order chi connectivity index (χ1) is 9.06. The number of halogens is 1. The first-order valence-corrected chi connectivity index (χ1v) is 7.18. The molecule has 0 amide bonds. The lowest BCUT2D eigenvalue weighted by molar-refractivity contribution is -0.925. The topological polar surface area (TPSA) is 26.3 Å². The number of carbonyl (C=O) groups is 1. The van der Waals surface area contributed by atoms with Crippen molar-refractivity contribution < 1.29 is 26.4 Å². The molecule has 20 heavy (non-hydrogen) atoms. The quantitative estimate of drug-likeness (QED) is 0.528. The zero-order valence-corrected chi connectivity index (χ0v) is 13.7. The van der Waals surface area contributed by atoms with Crippen molar-refractivity contribution in [1.82, 2.24) is 0 Å². The highest BCUT2D eigenvalue weighted by molar-refractivity contribution is 5.89. The Morgan fingerprint density at radius 3 is 2.05 bits per heavy atom. The Morgan fingerprint density at radius 1 is 1.10 bits per heavy atom. The zero-order valence-electron chi connectivity index (χ0n) is 12.9. The third-order valence-electron chi connectivity index (χ3n) is 3.97. The number of nitrogens with zero attached hydrogens (tertiary/aromatic N) is 1. The first-order valence-electron chi connectivity index (χ1n) is 7.18. The van der Waals surface area contributed by atoms with Gasteiger partial charge in [0.2, 0.25) is 0 Å². The van der Waals surface area contributed by atoms with Crippen LogP contribution < -0.4 is 12.4 Å². The van der Waals surface area contributed by atoms with E-state index in [-0.39, 0.29) is 24.5 Å². The van der Waals surface area contributed by atoms with Gasteiger partial charge in [0.05, 0.1) is 25.2 Å². The smallest absolute Gasteiger partial charge is 0.338 e. The summed E-state index contributed by atoms with van der Waals surface area (Å²) in [5, 5.41) is 0. The summed E-state index contributed by atoms with van der Waals surface area (Å²) in [4.78, 5) is 12.0. The Bertz CT molecular complexity index is 382. The fraction of sp³-hybridized carbons (Fsp3) is 0.562. The molecule has 1 unspecified atom stereocenters. The molecule has 4 heteroatoms. The first kappa shape index (κ1) is 18.9. The van der Waals surface area contributed by atoms with Crippen molar-refractivity contribution in [2.24, 2.45) is 0 Å². The Labute approximate surface area is 128 Å². The molecule has 114 valence electrons. The van der Waals surface area contributed by atoms with E-state index in [9.17, 15) is 4.79 Å². The molecule has 0 spiro atoms. The van der Waals surface area contributed by atoms with E-state index in [1.165, 1.54) is 0 Å². The maximum Gasteiger partial charge on any atom is 0.338 e. The largest absolute Gasteiger partial charge is 1.00 e. The maximum absolute atomic E-state index is 12.0. The van der Waals surface area contributed by atoms with Crippen LogP contribution in [0.5, 0.6) is 0 Å². The highest BCUT2D eigenvalue weighted by atomic mass is 35.5. The Balaban J connectivity index is 0.00000361. The number of ether oxygens (including phenoxy) is 1. The SMILES string of the molecule is CC[N+](CC)(CC)CC(C)OC(=O)c1ccccc1.[Cl-]. The van der Waals surface area contributed by atoms with Crippen molar-refractivity contribution in [2.45, 2.75) is 33.8 Å². The number of likely N-dealkylation sites (N-methyl/N-ethyl adjacent to an activating group) is 1. The summed E-state index contributed by atoms with van der Waals surface area (Å²) < 4.78 is 6.53. The van der Waals surface area contributed by atoms with E-state index in [2.05, 4.69) is 20.8 Å². The summed E-state index contributed by atoms with van der Waals surface area (Å²) in [6.07, 6.45) is -0.0624. The Hall–Kier alpha value is -1.06. The Kier molecular flexibility index (Phi) is 8.51. The minimum Gasteiger partial charge on any atom is -1.00 e. The predicted octanol–water partition coefficient (Wildman–Crippen LogP) is 0.112. The number of hydrogen-bond acceptors (Lipinski definition) is 2. The van der Waals surface area contributed by atoms with Gasteiger partial charge in [0.15, 0.2) is 0 Å². The van der Waals surface area contributed by atoms with E-state index in [1.807, 2.05) is 25.1 Å². The number of carbonyl (C=O) groups excluding carboxylic acids is 1. The second kappa shape index (κ2) is 8.98. The summed E-state index contributed by atoms with van der Waals surface area (Å²) in [7, 11) is 0. The number of esters is 1. The van der Waals surface area contributed by atoms with Gasteiger partial charge in [-0.1, -0.05) is 18.2 Å². The van der Waals surface area contributed by atoms with Crippen LogP contribution in [0.3, 0.4) is 0 Å². The van der Waals surface area contributed by atoms with E-state index in [1.54, 1.807) is 12.1 Å². The lowest BCUT2D eigenvalue weighted by Gasteiger charge is -2.37. The average Bonchev–Trinajstić information content (AvgIpc) is 2.46. The second-order valence-electron chi connectivity index (χ2n) is 5.05. The summed E-state index contributed by atoms with van der Waals surface area (Å²) in [6.45, 7) is 12.6. The lowest BCUT2D eigenvalue weighted by Crippen LogP contribution is -3.00. The van der Waals surface area contributed by atoms with E-state index in [4.69, 9.17) is 4.74 Å². The van der Waals surface area contributed by atoms with Crippen molar-refractivity contribution >= 4 is 5.97 Å². The number of hydrogen-bond donors (Lipinski definition) is 0. The molecule has 0 saturated heterocycles. The van der Waals surface area contributed by atoms with Gasteiger partial charge >= 0.3 is 5.97 Å². The molecule has 0 aliphatic carbocycles. The molecule has 0 bridgehead atoms. The van der Waals surface area contributed by atoms with Crippen LogP contribution in [0, 0.1) is 0 Å². The summed E-state index contributed by atoms with van der Waals surface area (Å²) in [5.74, 6) is -0.227. The molecule has 0 saturated carbocycles. The van der Waals surface area contributed by atoms with Crippen molar-refractivity contribution in [3.05, 3.63) is 35.9 Å². The van der Waals surface area contributed by atoms with Crippen LogP contribution in [0.15, 0.2) is 30.3 Å². The van der Waals surface area contributed by atoms with E-state index >= 15 is 0 Å². The van der Waals surface area contributed by atoms with Crippen LogP contribution in [-0.2, 0) is 4.74 Å². The van der Waals surface area contributed by atoms with Gasteiger partial charge in [-0.15, -0.1) is 0 Å². The van der Waals surface area contributed by atoms with Crippen LogP contribution in [-0.4, -0.2) is 42.7 Å². The number of benzene rings is 1. The molecule has 0 aromatic heterocycles. The summed E-state index contributed by atoms with van der Waals surface area (Å²) in [6, 6.07) is 9.18. The normalized spacial score (nSPS) is 12.4. The van der Waals surface area contributed by atoms with Crippen molar-refractivity contribution in [3.8, 4) is 0 Å². The monoisotopic (exact) mass is 299 g/mol. The Morgan fingerprint density at radius 2 is 1.60 bits per heavy atom. The maximum atomic E-state index is 12.0. The fourth-order valence-corrected chi connectivity index (χ4v) is 2.47. The van der Waals surface area contributed by atoms with Gasteiger partial charge in [-0.3, -0.25) is 0 Å². The number of rotatable bonds is 7. The second-order valence-corrected chi connectivity index (χ2v) is 5.05. The van der Waals surface area contributed by atoms with Gasteiger partial charge < -0.3 is 21.6 Å². The van der Waals surface area contributed by atoms with E-state index < -0.39 is 0 Å². The van der Waals surface area contributed by atoms with Gasteiger partial charge in [0, 0.05) is 0 Å². The van der Waals surface area contributed by atoms with Crippen LogP contribution >= 0.6 is 0 Å². The van der Waals surface area contributed by atoms with Gasteiger partial charge in [-0.25, -0.2) is 4.79 Å². The molecule has 1 aromatic carbocycles. The van der Waals surface area contributed by atoms with Crippen LogP contribution in [0.25, 0.3) is 0 Å². The predicted molar refractivity (Wildman–Crippen MR) is 78.1 cm³/mol. The van der Waals surface area contributed by atoms with Crippen molar-refractivity contribution in [2.75, 3.05) is 26.2 Å². The van der Waals surface area contributed by atoms with Crippen molar-refractivity contribution in [3.63, 3.8) is 0 Å². The molecule has 0 aliphatic rings. The molecule has 0 N–H and O–H groups in total. The highest BCUT2D eigenvalue weighted by Crippen LogP contribution is 2.11. The van der Waals surface area contributed by atoms with Gasteiger partial charge in [-0.05, 0) is 39.8 Å². The van der Waals surface area contributed by atoms with E-state index in [0.29, 0.717) is 5.56 Å². The molecule has 0 radical (unpaired) electrons. The van der Waals surface area contributed by atoms with Gasteiger partial charge in [0.1, 0.15) is 12.6 Å². The molecule has 0 aliphatic heterocycles. The average molecular weight is 300 g/mol. The summed E-state index contributed by atoms with van der Waals surface area (Å²) in [5.41, 5.74) is 0.622. The molecular weight excluding hydrogens is 274 g/mol. The lowest BCUT2D eigenvalue weighted by atomic mass is 10.2. The molecule has 0 fully saturated rings. The number of quaternary nitrogens is 1. The zero-order chi connectivity index (χ0) is 14.3. The molecule has 1 aromatic rings. The standard InChI is InChI=1S/C16H26NO2.ClH/c1-5-17(6-2,7-3)13-14(4)19-16(18)15-11-9-8-10-12-15;/h8-12,14H,5-7,13H2,1-4H3;1H/q+1;/p-1. The third-order valence-corrected chi connectivity index (χ3v) is 3.97. The molecule has 3 nitrogen and oxygen atoms in total.